The molecule has 1 fully saturated rings. The summed E-state index contributed by atoms with van der Waals surface area (Å²) >= 11 is 0. The summed E-state index contributed by atoms with van der Waals surface area (Å²) in [7, 11) is 0. The molecule has 1 aromatic rings. The van der Waals surface area contributed by atoms with Crippen LogP contribution in [0, 0.1) is 11.8 Å². The summed E-state index contributed by atoms with van der Waals surface area (Å²) in [5.74, 6) is 2.44. The van der Waals surface area contributed by atoms with Gasteiger partial charge in [-0.15, -0.1) is 5.10 Å². The van der Waals surface area contributed by atoms with Crippen molar-refractivity contribution >= 4 is 5.91 Å². The van der Waals surface area contributed by atoms with Gasteiger partial charge in [-0.25, -0.2) is 4.98 Å². The normalized spacial score (nSPS) is 17.2. The van der Waals surface area contributed by atoms with Crippen LogP contribution in [-0.4, -0.2) is 27.6 Å². The van der Waals surface area contributed by atoms with Crippen LogP contribution in [0.2, 0.25) is 0 Å². The second-order valence-electron chi connectivity index (χ2n) is 5.22. The molecule has 1 heterocycles. The first kappa shape index (κ1) is 12.1. The van der Waals surface area contributed by atoms with Crippen LogP contribution in [0.1, 0.15) is 56.0 Å². The number of carbonyl (C=O) groups excluding carboxylic acids is 1. The quantitative estimate of drug-likeness (QED) is 0.817. The highest BCUT2D eigenvalue weighted by molar-refractivity contribution is 5.90. The number of aromatic nitrogens is 3. The Bertz CT molecular complexity index is 395. The molecule has 0 saturated heterocycles. The molecule has 0 aromatic carbocycles. The number of nitrogens with one attached hydrogen (secondary N) is 2. The van der Waals surface area contributed by atoms with Gasteiger partial charge in [0.15, 0.2) is 0 Å². The zero-order chi connectivity index (χ0) is 12.4. The number of amides is 1. The molecule has 0 bridgehead atoms. The van der Waals surface area contributed by atoms with Crippen molar-refractivity contribution in [3.63, 3.8) is 0 Å². The van der Waals surface area contributed by atoms with Crippen molar-refractivity contribution in [2.75, 3.05) is 6.54 Å². The van der Waals surface area contributed by atoms with Crippen molar-refractivity contribution in [1.82, 2.24) is 20.5 Å². The van der Waals surface area contributed by atoms with Crippen molar-refractivity contribution in [1.29, 1.82) is 0 Å². The van der Waals surface area contributed by atoms with Crippen molar-refractivity contribution in [2.45, 2.75) is 39.5 Å². The number of nitrogens with zero attached hydrogens (tertiary/aromatic N) is 2. The van der Waals surface area contributed by atoms with Gasteiger partial charge in [0, 0.05) is 12.5 Å². The van der Waals surface area contributed by atoms with Crippen LogP contribution in [0.25, 0.3) is 0 Å². The number of aromatic amines is 1. The molecular formula is C12H20N4O. The maximum absolute atomic E-state index is 11.8. The van der Waals surface area contributed by atoms with Gasteiger partial charge >= 0.3 is 0 Å². The van der Waals surface area contributed by atoms with Gasteiger partial charge < -0.3 is 5.32 Å². The minimum atomic E-state index is -0.180. The van der Waals surface area contributed by atoms with E-state index in [4.69, 9.17) is 0 Å². The van der Waals surface area contributed by atoms with E-state index in [0.29, 0.717) is 5.92 Å². The molecule has 5 nitrogen and oxygen atoms in total. The fourth-order valence-corrected chi connectivity index (χ4v) is 1.80. The maximum atomic E-state index is 11.8. The smallest absolute Gasteiger partial charge is 0.290 e. The molecule has 1 aliphatic carbocycles. The van der Waals surface area contributed by atoms with Crippen molar-refractivity contribution < 1.29 is 4.79 Å². The molecule has 1 saturated carbocycles. The van der Waals surface area contributed by atoms with Gasteiger partial charge in [0.2, 0.25) is 5.82 Å². The largest absolute Gasteiger partial charge is 0.349 e. The number of H-pyrrole nitrogens is 1. The van der Waals surface area contributed by atoms with Crippen LogP contribution >= 0.6 is 0 Å². The molecule has 2 rings (SSSR count). The lowest BCUT2D eigenvalue weighted by Gasteiger charge is -2.09. The first-order chi connectivity index (χ1) is 8.08. The number of hydrogen-bond acceptors (Lipinski definition) is 3. The zero-order valence-corrected chi connectivity index (χ0v) is 10.7. The number of rotatable bonds is 5. The highest BCUT2D eigenvalue weighted by atomic mass is 16.2. The Balaban J connectivity index is 1.85. The molecule has 1 aromatic heterocycles. The van der Waals surface area contributed by atoms with E-state index >= 15 is 0 Å². The van der Waals surface area contributed by atoms with Crippen LogP contribution in [0.5, 0.6) is 0 Å². The van der Waals surface area contributed by atoms with Crippen molar-refractivity contribution in [2.24, 2.45) is 11.8 Å². The monoisotopic (exact) mass is 236 g/mol. The molecule has 94 valence electrons. The molecule has 1 unspecified atom stereocenters. The molecule has 5 heteroatoms. The summed E-state index contributed by atoms with van der Waals surface area (Å²) in [6.45, 7) is 6.92. The Labute approximate surface area is 101 Å². The molecule has 2 N–H and O–H groups in total. The third kappa shape index (κ3) is 3.05. The predicted octanol–water partition coefficient (Wildman–Crippen LogP) is 1.70. The summed E-state index contributed by atoms with van der Waals surface area (Å²) in [5.41, 5.74) is 0. The molecular weight excluding hydrogens is 216 g/mol. The van der Waals surface area contributed by atoms with Crippen molar-refractivity contribution in [3.05, 3.63) is 11.6 Å². The first-order valence-electron chi connectivity index (χ1n) is 6.28. The van der Waals surface area contributed by atoms with Crippen molar-refractivity contribution in [3.8, 4) is 0 Å². The standard InChI is InChI=1S/C12H20N4O/c1-7(2)10-14-11(16-15-10)12(17)13-6-8(3)9-4-5-9/h7-9H,4-6H2,1-3H3,(H,13,17)(H,14,15,16). The fraction of sp³-hybridized carbons (Fsp3) is 0.750. The van der Waals surface area contributed by atoms with Gasteiger partial charge in [0.05, 0.1) is 0 Å². The Morgan fingerprint density at radius 1 is 1.47 bits per heavy atom. The second-order valence-corrected chi connectivity index (χ2v) is 5.22. The lowest BCUT2D eigenvalue weighted by molar-refractivity contribution is 0.0936. The van der Waals surface area contributed by atoms with E-state index < -0.39 is 0 Å². The topological polar surface area (TPSA) is 70.7 Å². The minimum Gasteiger partial charge on any atom is -0.349 e. The highest BCUT2D eigenvalue weighted by Gasteiger charge is 2.28. The predicted molar refractivity (Wildman–Crippen MR) is 64.7 cm³/mol. The molecule has 0 spiro atoms. The highest BCUT2D eigenvalue weighted by Crippen LogP contribution is 2.36. The average molecular weight is 236 g/mol. The van der Waals surface area contributed by atoms with E-state index in [1.165, 1.54) is 12.8 Å². The molecule has 1 amide bonds. The van der Waals surface area contributed by atoms with Gasteiger partial charge in [-0.1, -0.05) is 20.8 Å². The van der Waals surface area contributed by atoms with Gasteiger partial charge in [-0.2, -0.15) is 0 Å². The Morgan fingerprint density at radius 3 is 2.71 bits per heavy atom. The van der Waals surface area contributed by atoms with Crippen LogP contribution in [-0.2, 0) is 0 Å². The Kier molecular flexibility index (Phi) is 3.45. The molecule has 0 radical (unpaired) electrons. The van der Waals surface area contributed by atoms with E-state index in [1.807, 2.05) is 13.8 Å². The Morgan fingerprint density at radius 2 is 2.18 bits per heavy atom. The van der Waals surface area contributed by atoms with E-state index in [-0.39, 0.29) is 17.6 Å². The van der Waals surface area contributed by atoms with E-state index in [2.05, 4.69) is 27.4 Å². The average Bonchev–Trinajstić information content (AvgIpc) is 3.02. The maximum Gasteiger partial charge on any atom is 0.290 e. The molecule has 0 aliphatic heterocycles. The fourth-order valence-electron chi connectivity index (χ4n) is 1.80. The van der Waals surface area contributed by atoms with E-state index in [1.54, 1.807) is 0 Å². The SMILES string of the molecule is CC(C)c1nc(C(=O)NCC(C)C2CC2)n[nH]1. The van der Waals surface area contributed by atoms with Crippen LogP contribution in [0.4, 0.5) is 0 Å². The number of hydrogen-bond donors (Lipinski definition) is 2. The summed E-state index contributed by atoms with van der Waals surface area (Å²) in [6, 6.07) is 0. The lowest BCUT2D eigenvalue weighted by atomic mass is 10.1. The van der Waals surface area contributed by atoms with Crippen LogP contribution in [0.15, 0.2) is 0 Å². The molecule has 1 aliphatic rings. The third-order valence-corrected chi connectivity index (χ3v) is 3.26. The molecule has 1 atom stereocenters. The summed E-state index contributed by atoms with van der Waals surface area (Å²) in [4.78, 5) is 15.9. The first-order valence-corrected chi connectivity index (χ1v) is 6.28. The number of carbonyl (C=O) groups is 1. The third-order valence-electron chi connectivity index (χ3n) is 3.26. The molecule has 17 heavy (non-hydrogen) atoms. The summed E-state index contributed by atoms with van der Waals surface area (Å²) < 4.78 is 0. The lowest BCUT2D eigenvalue weighted by Crippen LogP contribution is -2.29. The van der Waals surface area contributed by atoms with Gasteiger partial charge in [-0.3, -0.25) is 9.89 Å². The van der Waals surface area contributed by atoms with Gasteiger partial charge in [-0.05, 0) is 24.7 Å². The summed E-state index contributed by atoms with van der Waals surface area (Å²) in [6.07, 6.45) is 2.60. The van der Waals surface area contributed by atoms with Crippen LogP contribution < -0.4 is 5.32 Å². The van der Waals surface area contributed by atoms with Gasteiger partial charge in [0.1, 0.15) is 5.82 Å². The zero-order valence-electron chi connectivity index (χ0n) is 10.7. The van der Waals surface area contributed by atoms with E-state index in [9.17, 15) is 4.79 Å². The van der Waals surface area contributed by atoms with E-state index in [0.717, 1.165) is 18.3 Å². The second kappa shape index (κ2) is 4.85. The Hall–Kier alpha value is -1.39. The van der Waals surface area contributed by atoms with Crippen LogP contribution in [0.3, 0.4) is 0 Å². The van der Waals surface area contributed by atoms with Gasteiger partial charge in [0.25, 0.3) is 5.91 Å². The summed E-state index contributed by atoms with van der Waals surface area (Å²) in [5, 5.41) is 9.60. The minimum absolute atomic E-state index is 0.180.